The van der Waals surface area contributed by atoms with Crippen LogP contribution < -0.4 is 5.73 Å². The predicted molar refractivity (Wildman–Crippen MR) is 26.4 cm³/mol. The van der Waals surface area contributed by atoms with Crippen molar-refractivity contribution in [1.82, 2.24) is 0 Å². The summed E-state index contributed by atoms with van der Waals surface area (Å²) in [5.74, 6) is 0. The lowest BCUT2D eigenvalue weighted by atomic mass is 10.3. The molecule has 0 spiro atoms. The highest BCUT2D eigenvalue weighted by molar-refractivity contribution is 4.83. The molecule has 0 unspecified atom stereocenters. The summed E-state index contributed by atoms with van der Waals surface area (Å²) in [5.41, 5.74) is 5.00. The molecule has 0 fully saturated rings. The van der Waals surface area contributed by atoms with Crippen LogP contribution in [0.4, 0.5) is 0 Å². The second-order valence-corrected chi connectivity index (χ2v) is 1.23. The summed E-state index contributed by atoms with van der Waals surface area (Å²) in [6.45, 7) is 3.24. The molecule has 3 nitrogen and oxygen atoms in total. The molecule has 42 valence electrons. The fourth-order valence-electron chi connectivity index (χ4n) is 0.122. The predicted octanol–water partition coefficient (Wildman–Crippen LogP) is -1.19. The van der Waals surface area contributed by atoms with Crippen LogP contribution in [0.5, 0.6) is 0 Å². The van der Waals surface area contributed by atoms with Crippen LogP contribution >= 0.6 is 0 Å². The SMILES string of the molecule is C=C[C@H](N)C(O)O. The summed E-state index contributed by atoms with van der Waals surface area (Å²) in [6.07, 6.45) is -0.206. The molecule has 1 atom stereocenters. The molecule has 0 radical (unpaired) electrons. The van der Waals surface area contributed by atoms with Crippen molar-refractivity contribution in [2.45, 2.75) is 12.3 Å². The van der Waals surface area contributed by atoms with E-state index < -0.39 is 12.3 Å². The summed E-state index contributed by atoms with van der Waals surface area (Å²) in [4.78, 5) is 0. The van der Waals surface area contributed by atoms with E-state index in [1.54, 1.807) is 0 Å². The summed E-state index contributed by atoms with van der Waals surface area (Å²) in [7, 11) is 0. The fraction of sp³-hybridized carbons (Fsp3) is 0.500. The van der Waals surface area contributed by atoms with Gasteiger partial charge in [0.2, 0.25) is 0 Å². The number of rotatable bonds is 2. The minimum Gasteiger partial charge on any atom is -0.367 e. The summed E-state index contributed by atoms with van der Waals surface area (Å²) >= 11 is 0. The van der Waals surface area contributed by atoms with Crippen molar-refractivity contribution in [3.63, 3.8) is 0 Å². The summed E-state index contributed by atoms with van der Waals surface area (Å²) in [6, 6.07) is -0.722. The average molecular weight is 103 g/mol. The highest BCUT2D eigenvalue weighted by atomic mass is 16.5. The van der Waals surface area contributed by atoms with E-state index in [2.05, 4.69) is 6.58 Å². The topological polar surface area (TPSA) is 66.5 Å². The zero-order chi connectivity index (χ0) is 5.86. The van der Waals surface area contributed by atoms with Crippen molar-refractivity contribution in [3.05, 3.63) is 12.7 Å². The van der Waals surface area contributed by atoms with Crippen molar-refractivity contribution in [2.75, 3.05) is 0 Å². The molecule has 0 heterocycles. The first-order chi connectivity index (χ1) is 3.18. The van der Waals surface area contributed by atoms with Gasteiger partial charge in [-0.2, -0.15) is 0 Å². The highest BCUT2D eigenvalue weighted by Gasteiger charge is 2.03. The van der Waals surface area contributed by atoms with Gasteiger partial charge in [-0.1, -0.05) is 6.08 Å². The van der Waals surface area contributed by atoms with Gasteiger partial charge in [0.1, 0.15) is 0 Å². The van der Waals surface area contributed by atoms with Crippen LogP contribution in [0, 0.1) is 0 Å². The maximum absolute atomic E-state index is 8.18. The Morgan fingerprint density at radius 3 is 2.00 bits per heavy atom. The molecule has 0 aliphatic heterocycles. The molecule has 0 aliphatic rings. The van der Waals surface area contributed by atoms with Crippen molar-refractivity contribution in [3.8, 4) is 0 Å². The Labute approximate surface area is 42.1 Å². The van der Waals surface area contributed by atoms with Crippen molar-refractivity contribution < 1.29 is 10.2 Å². The van der Waals surface area contributed by atoms with Gasteiger partial charge < -0.3 is 15.9 Å². The number of nitrogens with two attached hydrogens (primary N) is 1. The Morgan fingerprint density at radius 1 is 1.57 bits per heavy atom. The maximum atomic E-state index is 8.18. The lowest BCUT2D eigenvalue weighted by molar-refractivity contribution is -0.0475. The van der Waals surface area contributed by atoms with Crippen molar-refractivity contribution >= 4 is 0 Å². The third-order valence-electron chi connectivity index (χ3n) is 0.616. The lowest BCUT2D eigenvalue weighted by Gasteiger charge is -2.05. The van der Waals surface area contributed by atoms with Gasteiger partial charge in [0.25, 0.3) is 0 Å². The van der Waals surface area contributed by atoms with Gasteiger partial charge >= 0.3 is 0 Å². The molecule has 4 N–H and O–H groups in total. The Kier molecular flexibility index (Phi) is 2.59. The largest absolute Gasteiger partial charge is 0.367 e. The first kappa shape index (κ1) is 6.62. The first-order valence-electron chi connectivity index (χ1n) is 1.92. The van der Waals surface area contributed by atoms with Crippen LogP contribution in [0.1, 0.15) is 0 Å². The minimum absolute atomic E-state index is 0.722. The van der Waals surface area contributed by atoms with Crippen molar-refractivity contribution in [1.29, 1.82) is 0 Å². The third kappa shape index (κ3) is 2.33. The quantitative estimate of drug-likeness (QED) is 0.304. The molecule has 0 saturated carbocycles. The van der Waals surface area contributed by atoms with E-state index in [4.69, 9.17) is 15.9 Å². The maximum Gasteiger partial charge on any atom is 0.170 e. The Bertz CT molecular complexity index is 62.7. The second kappa shape index (κ2) is 2.74. The first-order valence-corrected chi connectivity index (χ1v) is 1.92. The van der Waals surface area contributed by atoms with E-state index in [-0.39, 0.29) is 0 Å². The van der Waals surface area contributed by atoms with Gasteiger partial charge in [-0.25, -0.2) is 0 Å². The monoisotopic (exact) mass is 103 g/mol. The summed E-state index contributed by atoms with van der Waals surface area (Å²) < 4.78 is 0. The molecule has 7 heavy (non-hydrogen) atoms. The fourth-order valence-corrected chi connectivity index (χ4v) is 0.122. The number of aliphatic hydroxyl groups is 2. The molecule has 3 heteroatoms. The zero-order valence-corrected chi connectivity index (χ0v) is 3.91. The van der Waals surface area contributed by atoms with Crippen molar-refractivity contribution in [2.24, 2.45) is 5.73 Å². The average Bonchev–Trinajstić information content (AvgIpc) is 1.65. The molecule has 0 aromatic carbocycles. The number of hydrogen-bond donors (Lipinski definition) is 3. The molecule has 0 rings (SSSR count). The van der Waals surface area contributed by atoms with Crippen LogP contribution in [0.3, 0.4) is 0 Å². The van der Waals surface area contributed by atoms with Gasteiger partial charge in [-0.15, -0.1) is 6.58 Å². The van der Waals surface area contributed by atoms with E-state index in [1.807, 2.05) is 0 Å². The van der Waals surface area contributed by atoms with E-state index in [0.717, 1.165) is 0 Å². The van der Waals surface area contributed by atoms with Crippen LogP contribution in [0.15, 0.2) is 12.7 Å². The van der Waals surface area contributed by atoms with Crippen LogP contribution in [0.2, 0.25) is 0 Å². The normalized spacial score (nSPS) is 14.3. The smallest absolute Gasteiger partial charge is 0.170 e. The van der Waals surface area contributed by atoms with E-state index >= 15 is 0 Å². The lowest BCUT2D eigenvalue weighted by Crippen LogP contribution is -2.31. The van der Waals surface area contributed by atoms with Gasteiger partial charge in [-0.3, -0.25) is 0 Å². The molecule has 0 bridgehead atoms. The Balaban J connectivity index is 3.33. The molecule has 0 aromatic heterocycles. The van der Waals surface area contributed by atoms with Crippen LogP contribution in [-0.2, 0) is 0 Å². The number of hydrogen-bond acceptors (Lipinski definition) is 3. The van der Waals surface area contributed by atoms with Crippen LogP contribution in [0.25, 0.3) is 0 Å². The molecule has 0 amide bonds. The van der Waals surface area contributed by atoms with Gasteiger partial charge in [-0.05, 0) is 0 Å². The second-order valence-electron chi connectivity index (χ2n) is 1.23. The van der Waals surface area contributed by atoms with Crippen LogP contribution in [-0.4, -0.2) is 22.5 Å². The molecule has 0 aliphatic carbocycles. The van der Waals surface area contributed by atoms with E-state index in [0.29, 0.717) is 0 Å². The summed E-state index contributed by atoms with van der Waals surface area (Å²) in [5, 5.41) is 16.4. The van der Waals surface area contributed by atoms with Gasteiger partial charge in [0.15, 0.2) is 6.29 Å². The molecule has 0 saturated heterocycles. The highest BCUT2D eigenvalue weighted by Crippen LogP contribution is 1.82. The van der Waals surface area contributed by atoms with Gasteiger partial charge in [0, 0.05) is 0 Å². The Morgan fingerprint density at radius 2 is 2.00 bits per heavy atom. The standard InChI is InChI=1S/C4H9NO2/c1-2-3(5)4(6)7/h2-4,6-7H,1,5H2/t3-/m0/s1. The Hall–Kier alpha value is -0.380. The molecular weight excluding hydrogens is 94.0 g/mol. The van der Waals surface area contributed by atoms with E-state index in [1.165, 1.54) is 6.08 Å². The molecule has 0 aromatic rings. The third-order valence-corrected chi connectivity index (χ3v) is 0.616. The molecular formula is C4H9NO2. The zero-order valence-electron chi connectivity index (χ0n) is 3.91. The van der Waals surface area contributed by atoms with E-state index in [9.17, 15) is 0 Å². The minimum atomic E-state index is -1.47. The number of aliphatic hydroxyl groups excluding tert-OH is 1. The van der Waals surface area contributed by atoms with Gasteiger partial charge in [0.05, 0.1) is 6.04 Å².